The average molecular weight is 333 g/mol. The number of benzene rings is 1. The van der Waals surface area contributed by atoms with Gasteiger partial charge in [0.15, 0.2) is 5.82 Å². The average Bonchev–Trinajstić information content (AvgIpc) is 2.92. The molecule has 1 atom stereocenters. The zero-order valence-corrected chi connectivity index (χ0v) is 12.6. The minimum atomic E-state index is -4.16. The van der Waals surface area contributed by atoms with Crippen LogP contribution in [0.2, 0.25) is 0 Å². The van der Waals surface area contributed by atoms with Gasteiger partial charge < -0.3 is 5.11 Å². The molecule has 0 fully saturated rings. The smallest absolute Gasteiger partial charge is 0.244 e. The van der Waals surface area contributed by atoms with Crippen LogP contribution in [0.25, 0.3) is 0 Å². The van der Waals surface area contributed by atoms with Gasteiger partial charge in [-0.05, 0) is 41.4 Å². The highest BCUT2D eigenvalue weighted by molar-refractivity contribution is 7.89. The van der Waals surface area contributed by atoms with Crippen LogP contribution in [0.5, 0.6) is 0 Å². The monoisotopic (exact) mass is 333 g/mol. The first kappa shape index (κ1) is 16.0. The molecule has 1 unspecified atom stereocenters. The van der Waals surface area contributed by atoms with Crippen LogP contribution in [-0.2, 0) is 16.6 Å². The summed E-state index contributed by atoms with van der Waals surface area (Å²) in [7, 11) is -4.16. The Morgan fingerprint density at radius 1 is 1.33 bits per heavy atom. The molecule has 0 saturated carbocycles. The number of nitrogens with one attached hydrogen (secondary N) is 1. The van der Waals surface area contributed by atoms with Crippen molar-refractivity contribution in [2.45, 2.75) is 24.5 Å². The van der Waals surface area contributed by atoms with Crippen LogP contribution in [0.1, 0.15) is 24.1 Å². The van der Waals surface area contributed by atoms with E-state index >= 15 is 0 Å². The minimum Gasteiger partial charge on any atom is -0.391 e. The van der Waals surface area contributed by atoms with E-state index in [0.717, 1.165) is 17.7 Å². The molecule has 0 aliphatic rings. The highest BCUT2D eigenvalue weighted by Crippen LogP contribution is 2.24. The Morgan fingerprint density at radius 3 is 2.62 bits per heavy atom. The first-order valence-corrected chi connectivity index (χ1v) is 8.41. The van der Waals surface area contributed by atoms with Crippen molar-refractivity contribution in [1.29, 1.82) is 0 Å². The zero-order valence-electron chi connectivity index (χ0n) is 11.0. The molecule has 0 bridgehead atoms. The lowest BCUT2D eigenvalue weighted by Gasteiger charge is -2.14. The summed E-state index contributed by atoms with van der Waals surface area (Å²) in [6.07, 6.45) is 0. The van der Waals surface area contributed by atoms with Crippen molar-refractivity contribution in [3.8, 4) is 0 Å². The Bertz CT molecular complexity index is 730. The Hall–Kier alpha value is -1.35. The zero-order chi connectivity index (χ0) is 15.6. The van der Waals surface area contributed by atoms with Gasteiger partial charge in [0.25, 0.3) is 0 Å². The molecule has 1 aromatic heterocycles. The second kappa shape index (κ2) is 6.18. The number of sulfonamides is 1. The van der Waals surface area contributed by atoms with Crippen molar-refractivity contribution in [3.63, 3.8) is 0 Å². The molecule has 2 rings (SSSR count). The SMILES string of the molecule is CC(NS(=O)(=O)c1ccc(F)c(CO)c1F)c1ccsc1. The van der Waals surface area contributed by atoms with Crippen LogP contribution >= 0.6 is 11.3 Å². The van der Waals surface area contributed by atoms with Gasteiger partial charge >= 0.3 is 0 Å². The molecule has 8 heteroatoms. The molecule has 0 aliphatic heterocycles. The lowest BCUT2D eigenvalue weighted by molar-refractivity contribution is 0.267. The number of aliphatic hydroxyl groups excluding tert-OH is 1. The van der Waals surface area contributed by atoms with Crippen LogP contribution in [0, 0.1) is 11.6 Å². The summed E-state index contributed by atoms with van der Waals surface area (Å²) in [6, 6.07) is 2.85. The van der Waals surface area contributed by atoms with Crippen LogP contribution in [0.4, 0.5) is 8.78 Å². The first-order chi connectivity index (χ1) is 9.86. The molecule has 1 heterocycles. The third-order valence-corrected chi connectivity index (χ3v) is 5.23. The van der Waals surface area contributed by atoms with Gasteiger partial charge in [-0.3, -0.25) is 0 Å². The van der Waals surface area contributed by atoms with Gasteiger partial charge in [0, 0.05) is 6.04 Å². The van der Waals surface area contributed by atoms with Crippen molar-refractivity contribution in [1.82, 2.24) is 4.72 Å². The van der Waals surface area contributed by atoms with Crippen LogP contribution < -0.4 is 4.72 Å². The summed E-state index contributed by atoms with van der Waals surface area (Å²) in [6.45, 7) is 0.703. The van der Waals surface area contributed by atoms with E-state index in [1.807, 2.05) is 0 Å². The van der Waals surface area contributed by atoms with Crippen molar-refractivity contribution in [2.75, 3.05) is 0 Å². The normalized spacial score (nSPS) is 13.3. The van der Waals surface area contributed by atoms with Crippen molar-refractivity contribution < 1.29 is 22.3 Å². The summed E-state index contributed by atoms with van der Waals surface area (Å²) < 4.78 is 54.0. The van der Waals surface area contributed by atoms with Gasteiger partial charge in [0.05, 0.1) is 12.2 Å². The van der Waals surface area contributed by atoms with Crippen molar-refractivity contribution >= 4 is 21.4 Å². The highest BCUT2D eigenvalue weighted by Gasteiger charge is 2.25. The molecule has 0 amide bonds. The summed E-state index contributed by atoms with van der Waals surface area (Å²) >= 11 is 1.41. The summed E-state index contributed by atoms with van der Waals surface area (Å²) in [5, 5.41) is 12.5. The lowest BCUT2D eigenvalue weighted by atomic mass is 10.2. The third-order valence-electron chi connectivity index (χ3n) is 2.97. The fraction of sp³-hybridized carbons (Fsp3) is 0.231. The molecule has 0 radical (unpaired) electrons. The summed E-state index contributed by atoms with van der Waals surface area (Å²) in [5.41, 5.74) is 0.0783. The maximum Gasteiger partial charge on any atom is 0.244 e. The van der Waals surface area contributed by atoms with Crippen molar-refractivity contribution in [2.24, 2.45) is 0 Å². The van der Waals surface area contributed by atoms with Crippen LogP contribution in [0.15, 0.2) is 33.9 Å². The second-order valence-electron chi connectivity index (χ2n) is 4.40. The molecular weight excluding hydrogens is 320 g/mol. The van der Waals surface area contributed by atoms with Gasteiger partial charge in [0.2, 0.25) is 10.0 Å². The number of hydrogen-bond donors (Lipinski definition) is 2. The van der Waals surface area contributed by atoms with Gasteiger partial charge in [0.1, 0.15) is 10.7 Å². The van der Waals surface area contributed by atoms with E-state index in [4.69, 9.17) is 5.11 Å². The number of thiophene rings is 1. The van der Waals surface area contributed by atoms with E-state index in [2.05, 4.69) is 4.72 Å². The van der Waals surface area contributed by atoms with E-state index < -0.39 is 44.8 Å². The number of rotatable bonds is 5. The molecule has 21 heavy (non-hydrogen) atoms. The standard InChI is InChI=1S/C13H13F2NO3S2/c1-8(9-4-5-20-7-9)16-21(18,19)12-3-2-11(14)10(6-17)13(12)15/h2-5,7-8,16-17H,6H2,1H3. The van der Waals surface area contributed by atoms with Crippen molar-refractivity contribution in [3.05, 3.63) is 51.7 Å². The fourth-order valence-corrected chi connectivity index (χ4v) is 3.90. The number of halogens is 2. The predicted molar refractivity (Wildman–Crippen MR) is 75.3 cm³/mol. The molecule has 114 valence electrons. The summed E-state index contributed by atoms with van der Waals surface area (Å²) in [5.74, 6) is -2.26. The van der Waals surface area contributed by atoms with E-state index in [9.17, 15) is 17.2 Å². The molecule has 4 nitrogen and oxygen atoms in total. The van der Waals surface area contributed by atoms with Gasteiger partial charge in [-0.25, -0.2) is 21.9 Å². The number of hydrogen-bond acceptors (Lipinski definition) is 4. The largest absolute Gasteiger partial charge is 0.391 e. The van der Waals surface area contributed by atoms with E-state index in [0.29, 0.717) is 0 Å². The van der Waals surface area contributed by atoms with Crippen LogP contribution in [-0.4, -0.2) is 13.5 Å². The van der Waals surface area contributed by atoms with E-state index in [1.54, 1.807) is 23.8 Å². The van der Waals surface area contributed by atoms with E-state index in [-0.39, 0.29) is 0 Å². The van der Waals surface area contributed by atoms with Gasteiger partial charge in [-0.1, -0.05) is 0 Å². The molecule has 2 aromatic rings. The van der Waals surface area contributed by atoms with Crippen LogP contribution in [0.3, 0.4) is 0 Å². The number of aliphatic hydroxyl groups is 1. The topological polar surface area (TPSA) is 66.4 Å². The first-order valence-electron chi connectivity index (χ1n) is 5.99. The predicted octanol–water partition coefficient (Wildman–Crippen LogP) is 2.56. The maximum absolute atomic E-state index is 14.0. The molecular formula is C13H13F2NO3S2. The molecule has 0 aliphatic carbocycles. The highest BCUT2D eigenvalue weighted by atomic mass is 32.2. The molecule has 0 spiro atoms. The lowest BCUT2D eigenvalue weighted by Crippen LogP contribution is -2.27. The Balaban J connectivity index is 2.36. The maximum atomic E-state index is 14.0. The quantitative estimate of drug-likeness (QED) is 0.884. The Morgan fingerprint density at radius 2 is 2.05 bits per heavy atom. The molecule has 1 aromatic carbocycles. The Kier molecular flexibility index (Phi) is 4.72. The van der Waals surface area contributed by atoms with Gasteiger partial charge in [-0.15, -0.1) is 0 Å². The summed E-state index contributed by atoms with van der Waals surface area (Å²) in [4.78, 5) is -0.685. The molecule has 0 saturated heterocycles. The third kappa shape index (κ3) is 3.29. The fourth-order valence-electron chi connectivity index (χ4n) is 1.81. The Labute approximate surface area is 125 Å². The second-order valence-corrected chi connectivity index (χ2v) is 6.86. The van der Waals surface area contributed by atoms with E-state index in [1.165, 1.54) is 11.3 Å². The molecule has 2 N–H and O–H groups in total. The minimum absolute atomic E-state index is 0.553. The van der Waals surface area contributed by atoms with Gasteiger partial charge in [-0.2, -0.15) is 11.3 Å².